The molecular formula is C12H22N2O3. The van der Waals surface area contributed by atoms with Crippen molar-refractivity contribution in [2.75, 3.05) is 0 Å². The molecule has 0 spiro atoms. The fourth-order valence-corrected chi connectivity index (χ4v) is 2.15. The van der Waals surface area contributed by atoms with Crippen molar-refractivity contribution in [3.63, 3.8) is 0 Å². The van der Waals surface area contributed by atoms with Gasteiger partial charge < -0.3 is 16.2 Å². The summed E-state index contributed by atoms with van der Waals surface area (Å²) < 4.78 is 0. The number of hydrogen-bond donors (Lipinski definition) is 3. The summed E-state index contributed by atoms with van der Waals surface area (Å²) in [7, 11) is 0. The molecule has 0 aliphatic heterocycles. The molecule has 1 rings (SSSR count). The van der Waals surface area contributed by atoms with Crippen molar-refractivity contribution in [1.82, 2.24) is 5.32 Å². The molecule has 98 valence electrons. The van der Waals surface area contributed by atoms with Gasteiger partial charge in [-0.2, -0.15) is 0 Å². The van der Waals surface area contributed by atoms with Crippen LogP contribution in [-0.4, -0.2) is 28.6 Å². The van der Waals surface area contributed by atoms with Gasteiger partial charge in [-0.25, -0.2) is 4.79 Å². The van der Waals surface area contributed by atoms with Crippen molar-refractivity contribution < 1.29 is 14.7 Å². The van der Waals surface area contributed by atoms with Crippen LogP contribution in [0.25, 0.3) is 0 Å². The molecule has 0 saturated heterocycles. The zero-order valence-electron chi connectivity index (χ0n) is 10.5. The Morgan fingerprint density at radius 1 is 1.29 bits per heavy atom. The number of aliphatic carboxylic acids is 1. The minimum atomic E-state index is -1.26. The van der Waals surface area contributed by atoms with Gasteiger partial charge >= 0.3 is 5.97 Å². The number of carboxylic acids is 1. The van der Waals surface area contributed by atoms with E-state index < -0.39 is 17.6 Å². The quantitative estimate of drug-likeness (QED) is 0.682. The highest BCUT2D eigenvalue weighted by Gasteiger charge is 2.33. The maximum atomic E-state index is 11.9. The monoisotopic (exact) mass is 242 g/mol. The molecule has 5 heteroatoms. The summed E-state index contributed by atoms with van der Waals surface area (Å²) in [5.74, 6) is -1.22. The second kappa shape index (κ2) is 5.49. The Kier molecular flexibility index (Phi) is 4.51. The lowest BCUT2D eigenvalue weighted by molar-refractivity contribution is -0.146. The van der Waals surface area contributed by atoms with Gasteiger partial charge in [0, 0.05) is 0 Å². The third-order valence-electron chi connectivity index (χ3n) is 3.43. The Morgan fingerprint density at radius 2 is 1.82 bits per heavy atom. The normalized spacial score (nSPS) is 19.7. The molecule has 0 aromatic heterocycles. The van der Waals surface area contributed by atoms with E-state index in [2.05, 4.69) is 5.32 Å². The van der Waals surface area contributed by atoms with Crippen LogP contribution in [-0.2, 0) is 9.59 Å². The third-order valence-corrected chi connectivity index (χ3v) is 3.43. The van der Waals surface area contributed by atoms with E-state index in [0.29, 0.717) is 0 Å². The van der Waals surface area contributed by atoms with Crippen molar-refractivity contribution in [3.05, 3.63) is 0 Å². The van der Waals surface area contributed by atoms with Gasteiger partial charge in [0.05, 0.1) is 6.04 Å². The zero-order valence-corrected chi connectivity index (χ0v) is 10.5. The molecule has 1 atom stereocenters. The number of amides is 1. The van der Waals surface area contributed by atoms with Crippen LogP contribution in [0.5, 0.6) is 0 Å². The maximum absolute atomic E-state index is 11.9. The van der Waals surface area contributed by atoms with E-state index in [1.54, 1.807) is 0 Å². The van der Waals surface area contributed by atoms with Gasteiger partial charge in [0.2, 0.25) is 5.91 Å². The fourth-order valence-electron chi connectivity index (χ4n) is 2.15. The van der Waals surface area contributed by atoms with Crippen molar-refractivity contribution in [1.29, 1.82) is 0 Å². The maximum Gasteiger partial charge on any atom is 0.328 e. The predicted octanol–water partition coefficient (Wildman–Crippen LogP) is 0.873. The van der Waals surface area contributed by atoms with Crippen LogP contribution in [0, 0.1) is 5.92 Å². The average Bonchev–Trinajstić information content (AvgIpc) is 2.28. The van der Waals surface area contributed by atoms with E-state index in [1.807, 2.05) is 0 Å². The fraction of sp³-hybridized carbons (Fsp3) is 0.833. The summed E-state index contributed by atoms with van der Waals surface area (Å²) in [6.07, 6.45) is 5.33. The number of carboxylic acid groups (broad SMARTS) is 1. The molecule has 17 heavy (non-hydrogen) atoms. The summed E-state index contributed by atoms with van der Waals surface area (Å²) in [5.41, 5.74) is 4.63. The zero-order chi connectivity index (χ0) is 13.1. The Bertz CT molecular complexity index is 296. The second-order valence-electron chi connectivity index (χ2n) is 5.34. The molecule has 1 aliphatic carbocycles. The topological polar surface area (TPSA) is 92.4 Å². The number of hydrogen-bond acceptors (Lipinski definition) is 3. The predicted molar refractivity (Wildman–Crippen MR) is 64.4 cm³/mol. The Balaban J connectivity index is 2.54. The average molecular weight is 242 g/mol. The third kappa shape index (κ3) is 3.70. The van der Waals surface area contributed by atoms with E-state index in [0.717, 1.165) is 25.7 Å². The largest absolute Gasteiger partial charge is 0.480 e. The first-order chi connectivity index (χ1) is 7.84. The highest BCUT2D eigenvalue weighted by atomic mass is 16.4. The number of nitrogens with one attached hydrogen (secondary N) is 1. The summed E-state index contributed by atoms with van der Waals surface area (Å²) >= 11 is 0. The van der Waals surface area contributed by atoms with E-state index in [-0.39, 0.29) is 11.8 Å². The Labute approximate surface area is 102 Å². The van der Waals surface area contributed by atoms with Crippen LogP contribution in [0.1, 0.15) is 46.0 Å². The van der Waals surface area contributed by atoms with E-state index >= 15 is 0 Å². The van der Waals surface area contributed by atoms with Gasteiger partial charge in [-0.05, 0) is 32.6 Å². The van der Waals surface area contributed by atoms with Crippen LogP contribution >= 0.6 is 0 Å². The molecular weight excluding hydrogens is 220 g/mol. The lowest BCUT2D eigenvalue weighted by atomic mass is 9.83. The first kappa shape index (κ1) is 14.0. The molecule has 0 heterocycles. The van der Waals surface area contributed by atoms with Crippen LogP contribution < -0.4 is 11.1 Å². The first-order valence-corrected chi connectivity index (χ1v) is 6.15. The van der Waals surface area contributed by atoms with Crippen molar-refractivity contribution in [3.8, 4) is 0 Å². The molecule has 1 aliphatic rings. The highest BCUT2D eigenvalue weighted by molar-refractivity contribution is 5.89. The Hall–Kier alpha value is -1.10. The lowest BCUT2D eigenvalue weighted by Gasteiger charge is -2.29. The second-order valence-corrected chi connectivity index (χ2v) is 5.34. The van der Waals surface area contributed by atoms with Gasteiger partial charge in [-0.3, -0.25) is 4.79 Å². The summed E-state index contributed by atoms with van der Waals surface area (Å²) in [6.45, 7) is 2.92. The number of carbonyl (C=O) groups is 2. The Morgan fingerprint density at radius 3 is 2.29 bits per heavy atom. The molecule has 4 N–H and O–H groups in total. The molecule has 0 radical (unpaired) electrons. The van der Waals surface area contributed by atoms with Gasteiger partial charge in [0.1, 0.15) is 5.54 Å². The van der Waals surface area contributed by atoms with Gasteiger partial charge in [-0.15, -0.1) is 0 Å². The van der Waals surface area contributed by atoms with Gasteiger partial charge in [0.15, 0.2) is 0 Å². The molecule has 1 amide bonds. The van der Waals surface area contributed by atoms with Crippen LogP contribution in [0.4, 0.5) is 0 Å². The lowest BCUT2D eigenvalue weighted by Crippen LogP contribution is -2.56. The summed E-state index contributed by atoms with van der Waals surface area (Å²) in [5, 5.41) is 11.4. The summed E-state index contributed by atoms with van der Waals surface area (Å²) in [6, 6.07) is -0.589. The highest BCUT2D eigenvalue weighted by Crippen LogP contribution is 2.25. The molecule has 0 unspecified atom stereocenters. The van der Waals surface area contributed by atoms with Crippen LogP contribution in [0.2, 0.25) is 0 Å². The van der Waals surface area contributed by atoms with Crippen molar-refractivity contribution >= 4 is 11.9 Å². The van der Waals surface area contributed by atoms with Crippen LogP contribution in [0.15, 0.2) is 0 Å². The summed E-state index contributed by atoms with van der Waals surface area (Å²) in [4.78, 5) is 22.8. The minimum absolute atomic E-state index is 0.188. The SMILES string of the molecule is CC(C)(NC(=O)[C@@H](N)C1CCCCC1)C(=O)O. The molecule has 0 aromatic rings. The van der Waals surface area contributed by atoms with Gasteiger partial charge in [0.25, 0.3) is 0 Å². The van der Waals surface area contributed by atoms with E-state index in [4.69, 9.17) is 10.8 Å². The number of carbonyl (C=O) groups excluding carboxylic acids is 1. The minimum Gasteiger partial charge on any atom is -0.480 e. The standard InChI is InChI=1S/C12H22N2O3/c1-12(2,11(16)17)14-10(15)9(13)8-6-4-3-5-7-8/h8-9H,3-7,13H2,1-2H3,(H,14,15)(H,16,17)/t9-/m0/s1. The smallest absolute Gasteiger partial charge is 0.328 e. The molecule has 1 fully saturated rings. The van der Waals surface area contributed by atoms with Gasteiger partial charge in [-0.1, -0.05) is 19.3 Å². The van der Waals surface area contributed by atoms with Crippen molar-refractivity contribution in [2.45, 2.75) is 57.5 Å². The molecule has 5 nitrogen and oxygen atoms in total. The first-order valence-electron chi connectivity index (χ1n) is 6.15. The molecule has 0 aromatic carbocycles. The molecule has 1 saturated carbocycles. The molecule has 0 bridgehead atoms. The van der Waals surface area contributed by atoms with Crippen LogP contribution in [0.3, 0.4) is 0 Å². The number of rotatable bonds is 4. The van der Waals surface area contributed by atoms with E-state index in [9.17, 15) is 9.59 Å². The van der Waals surface area contributed by atoms with Crippen molar-refractivity contribution in [2.24, 2.45) is 11.7 Å². The number of nitrogens with two attached hydrogens (primary N) is 1. The van der Waals surface area contributed by atoms with E-state index in [1.165, 1.54) is 20.3 Å².